The molecule has 8 heteroatoms. The number of hydrogen-bond donors (Lipinski definition) is 3. The fourth-order valence-corrected chi connectivity index (χ4v) is 3.46. The Morgan fingerprint density at radius 2 is 1.24 bits per heavy atom. The van der Waals surface area contributed by atoms with E-state index >= 15 is 0 Å². The van der Waals surface area contributed by atoms with Gasteiger partial charge in [-0.3, -0.25) is 9.59 Å². The largest absolute Gasteiger partial charge is 0.480 e. The minimum absolute atomic E-state index is 0.0540. The summed E-state index contributed by atoms with van der Waals surface area (Å²) >= 11 is 0. The van der Waals surface area contributed by atoms with Crippen LogP contribution < -0.4 is 10.6 Å². The average Bonchev–Trinajstić information content (AvgIpc) is 2.96. The predicted molar refractivity (Wildman–Crippen MR) is 170 cm³/mol. The summed E-state index contributed by atoms with van der Waals surface area (Å²) in [6.07, 6.45) is 35.7. The monoisotopic (exact) mass is 582 g/mol. The van der Waals surface area contributed by atoms with Gasteiger partial charge in [-0.15, -0.1) is 0 Å². The molecule has 0 aliphatic heterocycles. The second kappa shape index (κ2) is 28.6. The minimum atomic E-state index is -1.16. The Labute approximate surface area is 252 Å². The Bertz CT molecular complexity index is 973. The zero-order chi connectivity index (χ0) is 31.1. The van der Waals surface area contributed by atoms with E-state index in [9.17, 15) is 24.3 Å². The van der Waals surface area contributed by atoms with Crippen molar-refractivity contribution in [3.8, 4) is 0 Å². The molecular formula is C34H50N2O6. The molecule has 0 aromatic rings. The lowest BCUT2D eigenvalue weighted by Gasteiger charge is -2.13. The maximum Gasteiger partial charge on any atom is 0.330 e. The molecule has 0 rings (SSSR count). The molecule has 0 fully saturated rings. The van der Waals surface area contributed by atoms with Crippen molar-refractivity contribution in [2.24, 2.45) is 0 Å². The molecule has 0 aromatic heterocycles. The first-order valence-corrected chi connectivity index (χ1v) is 14.9. The number of carbonyl (C=O) groups excluding carboxylic acids is 3. The Balaban J connectivity index is 3.87. The van der Waals surface area contributed by atoms with Crippen molar-refractivity contribution in [3.05, 3.63) is 85.1 Å². The van der Waals surface area contributed by atoms with Gasteiger partial charge in [0, 0.05) is 25.1 Å². The van der Waals surface area contributed by atoms with Gasteiger partial charge in [0.15, 0.2) is 0 Å². The van der Waals surface area contributed by atoms with Gasteiger partial charge in [-0.25, -0.2) is 9.59 Å². The maximum atomic E-state index is 12.0. The van der Waals surface area contributed by atoms with Crippen LogP contribution in [-0.4, -0.2) is 48.1 Å². The molecule has 0 unspecified atom stereocenters. The third kappa shape index (κ3) is 26.3. The molecule has 0 bridgehead atoms. The number of hydrogen-bond acceptors (Lipinski definition) is 5. The van der Waals surface area contributed by atoms with E-state index in [0.717, 1.165) is 50.7 Å². The van der Waals surface area contributed by atoms with Crippen LogP contribution in [0.3, 0.4) is 0 Å². The third-order valence-corrected chi connectivity index (χ3v) is 5.65. The van der Waals surface area contributed by atoms with Crippen molar-refractivity contribution in [3.63, 3.8) is 0 Å². The van der Waals surface area contributed by atoms with Gasteiger partial charge in [0.05, 0.1) is 6.61 Å². The number of amides is 2. The lowest BCUT2D eigenvalue weighted by molar-refractivity contribution is -0.141. The molecule has 0 aliphatic rings. The van der Waals surface area contributed by atoms with Crippen LogP contribution in [0.1, 0.15) is 84.5 Å². The summed E-state index contributed by atoms with van der Waals surface area (Å²) in [5.41, 5.74) is 0. The van der Waals surface area contributed by atoms with Gasteiger partial charge in [-0.2, -0.15) is 0 Å². The highest BCUT2D eigenvalue weighted by Gasteiger charge is 2.18. The Hall–Kier alpha value is -3.94. The van der Waals surface area contributed by atoms with Crippen molar-refractivity contribution in [2.75, 3.05) is 13.2 Å². The molecule has 0 radical (unpaired) electrons. The minimum Gasteiger partial charge on any atom is -0.480 e. The van der Waals surface area contributed by atoms with E-state index in [1.54, 1.807) is 6.92 Å². The molecule has 0 spiro atoms. The van der Waals surface area contributed by atoms with Crippen LogP contribution in [0.15, 0.2) is 85.1 Å². The topological polar surface area (TPSA) is 122 Å². The van der Waals surface area contributed by atoms with E-state index in [2.05, 4.69) is 83.1 Å². The number of esters is 1. The zero-order valence-electron chi connectivity index (χ0n) is 25.3. The summed E-state index contributed by atoms with van der Waals surface area (Å²) in [5, 5.41) is 14.5. The quantitative estimate of drug-likeness (QED) is 0.0521. The standard InChI is InChI=1S/C34H50N2O6/c1-3-5-6-7-8-9-10-11-12-13-14-15-16-17-18-19-20-21-22-26-31(37)35-29-24-23-25-30(34(40)41)36-32(38)27-28-33(39)42-4-2/h5-6,8-9,11-12,14-15,17-18,20-21,27-28,30H,3-4,7,10,13,16,19,22-26,29H2,1-2H3,(H,35,37)(H,36,38)(H,40,41)/b6-5-,9-8-,12-11-,15-14-,18-17-,21-20-,28-27+/t30-/m0/s1. The molecule has 0 aromatic carbocycles. The van der Waals surface area contributed by atoms with E-state index < -0.39 is 23.9 Å². The smallest absolute Gasteiger partial charge is 0.330 e. The number of ether oxygens (including phenoxy) is 1. The van der Waals surface area contributed by atoms with Crippen molar-refractivity contribution in [1.82, 2.24) is 10.6 Å². The van der Waals surface area contributed by atoms with Crippen LogP contribution in [0.4, 0.5) is 0 Å². The number of aliphatic carboxylic acids is 1. The number of rotatable bonds is 24. The van der Waals surface area contributed by atoms with Gasteiger partial charge in [-0.05, 0) is 71.1 Å². The molecule has 2 amide bonds. The summed E-state index contributed by atoms with van der Waals surface area (Å²) in [5.74, 6) is -2.57. The first-order valence-electron chi connectivity index (χ1n) is 14.9. The van der Waals surface area contributed by atoms with Crippen LogP contribution >= 0.6 is 0 Å². The highest BCUT2D eigenvalue weighted by molar-refractivity contribution is 5.96. The number of carboxylic acids is 1. The Kier molecular flexibility index (Phi) is 25.9. The van der Waals surface area contributed by atoms with Gasteiger partial charge < -0.3 is 20.5 Å². The van der Waals surface area contributed by atoms with Gasteiger partial charge in [0.25, 0.3) is 0 Å². The molecule has 3 N–H and O–H groups in total. The molecule has 42 heavy (non-hydrogen) atoms. The fourth-order valence-electron chi connectivity index (χ4n) is 3.46. The van der Waals surface area contributed by atoms with E-state index in [-0.39, 0.29) is 18.9 Å². The first-order chi connectivity index (χ1) is 20.4. The molecular weight excluding hydrogens is 532 g/mol. The number of unbranched alkanes of at least 4 members (excludes halogenated alkanes) is 1. The molecule has 1 atom stereocenters. The molecule has 232 valence electrons. The second-order valence-corrected chi connectivity index (χ2v) is 9.28. The van der Waals surface area contributed by atoms with Gasteiger partial charge in [0.1, 0.15) is 6.04 Å². The van der Waals surface area contributed by atoms with Gasteiger partial charge >= 0.3 is 11.9 Å². The summed E-state index contributed by atoms with van der Waals surface area (Å²) in [6, 6.07) is -1.08. The molecule has 0 heterocycles. The van der Waals surface area contributed by atoms with E-state index in [0.29, 0.717) is 32.2 Å². The Morgan fingerprint density at radius 1 is 0.714 bits per heavy atom. The van der Waals surface area contributed by atoms with Crippen LogP contribution in [0.5, 0.6) is 0 Å². The molecule has 0 saturated carbocycles. The number of carbonyl (C=O) groups is 4. The van der Waals surface area contributed by atoms with Crippen LogP contribution in [-0.2, 0) is 23.9 Å². The highest BCUT2D eigenvalue weighted by Crippen LogP contribution is 2.02. The predicted octanol–water partition coefficient (Wildman–Crippen LogP) is 6.44. The van der Waals surface area contributed by atoms with E-state index in [4.69, 9.17) is 0 Å². The number of allylic oxidation sites excluding steroid dienone is 12. The van der Waals surface area contributed by atoms with Crippen LogP contribution in [0.2, 0.25) is 0 Å². The summed E-state index contributed by atoms with van der Waals surface area (Å²) in [7, 11) is 0. The van der Waals surface area contributed by atoms with Crippen LogP contribution in [0.25, 0.3) is 0 Å². The van der Waals surface area contributed by atoms with Crippen LogP contribution in [0, 0.1) is 0 Å². The summed E-state index contributed by atoms with van der Waals surface area (Å²) in [4.78, 5) is 46.4. The van der Waals surface area contributed by atoms with E-state index in [1.165, 1.54) is 0 Å². The second-order valence-electron chi connectivity index (χ2n) is 9.28. The number of carboxylic acid groups (broad SMARTS) is 1. The van der Waals surface area contributed by atoms with E-state index in [1.807, 2.05) is 12.2 Å². The average molecular weight is 583 g/mol. The normalized spacial score (nSPS) is 13.0. The summed E-state index contributed by atoms with van der Waals surface area (Å²) < 4.78 is 4.67. The Morgan fingerprint density at radius 3 is 1.74 bits per heavy atom. The van der Waals surface area contributed by atoms with Gasteiger partial charge in [-0.1, -0.05) is 79.8 Å². The van der Waals surface area contributed by atoms with Gasteiger partial charge in [0.2, 0.25) is 11.8 Å². The SMILES string of the molecule is CC/C=C\C/C=C\C/C=C\C/C=C\C/C=C\C/C=C\CCC(=O)NCCCC[C@H](NC(=O)/C=C/C(=O)OCC)C(=O)O. The lowest BCUT2D eigenvalue weighted by atomic mass is 10.1. The highest BCUT2D eigenvalue weighted by atomic mass is 16.5. The number of nitrogens with one attached hydrogen (secondary N) is 2. The molecule has 0 saturated heterocycles. The zero-order valence-corrected chi connectivity index (χ0v) is 25.3. The van der Waals surface area contributed by atoms with Crippen molar-refractivity contribution >= 4 is 23.8 Å². The van der Waals surface area contributed by atoms with Crippen molar-refractivity contribution in [1.29, 1.82) is 0 Å². The molecule has 0 aliphatic carbocycles. The lowest BCUT2D eigenvalue weighted by Crippen LogP contribution is -2.40. The fraction of sp³-hybridized carbons (Fsp3) is 0.471. The van der Waals surface area contributed by atoms with Crippen molar-refractivity contribution < 1.29 is 29.0 Å². The maximum absolute atomic E-state index is 12.0. The van der Waals surface area contributed by atoms with Crippen molar-refractivity contribution in [2.45, 2.75) is 90.5 Å². The first kappa shape index (κ1) is 38.1. The molecule has 8 nitrogen and oxygen atoms in total. The summed E-state index contributed by atoms with van der Waals surface area (Å²) in [6.45, 7) is 4.40. The third-order valence-electron chi connectivity index (χ3n) is 5.65.